The molecule has 0 atom stereocenters. The zero-order valence-electron chi connectivity index (χ0n) is 8.46. The summed E-state index contributed by atoms with van der Waals surface area (Å²) in [5, 5.41) is 11.3. The normalized spacial score (nSPS) is 10.4. The Kier molecular flexibility index (Phi) is 3.28. The Balaban J connectivity index is 2.08. The van der Waals surface area contributed by atoms with Gasteiger partial charge in [0.25, 0.3) is 0 Å². The quantitative estimate of drug-likeness (QED) is 0.806. The number of nitrogens with one attached hydrogen (secondary N) is 1. The van der Waals surface area contributed by atoms with Gasteiger partial charge < -0.3 is 10.1 Å². The van der Waals surface area contributed by atoms with E-state index in [4.69, 9.17) is 16.3 Å². The maximum Gasteiger partial charge on any atom is 0.229 e. The number of anilines is 2. The summed E-state index contributed by atoms with van der Waals surface area (Å²) in [6, 6.07) is 1.59. The van der Waals surface area contributed by atoms with E-state index in [0.29, 0.717) is 16.9 Å². The van der Waals surface area contributed by atoms with Crippen molar-refractivity contribution in [2.45, 2.75) is 6.73 Å². The largest absolute Gasteiger partial charge is 0.361 e. The van der Waals surface area contributed by atoms with Crippen LogP contribution < -0.4 is 5.32 Å². The lowest BCUT2D eigenvalue weighted by Gasteiger charge is -1.99. The predicted molar refractivity (Wildman–Crippen MR) is 57.4 cm³/mol. The molecular formula is C8H9ClN6O. The van der Waals surface area contributed by atoms with Gasteiger partial charge in [0.1, 0.15) is 5.15 Å². The zero-order chi connectivity index (χ0) is 11.4. The van der Waals surface area contributed by atoms with Gasteiger partial charge in [-0.15, -0.1) is 5.10 Å². The van der Waals surface area contributed by atoms with Crippen molar-refractivity contribution in [1.82, 2.24) is 25.0 Å². The molecule has 0 radical (unpaired) electrons. The monoisotopic (exact) mass is 240 g/mol. The van der Waals surface area contributed by atoms with E-state index in [-0.39, 0.29) is 6.73 Å². The van der Waals surface area contributed by atoms with E-state index in [0.717, 1.165) is 0 Å². The molecule has 0 bridgehead atoms. The number of hydrogen-bond acceptors (Lipinski definition) is 6. The van der Waals surface area contributed by atoms with E-state index in [9.17, 15) is 0 Å². The number of ether oxygens (including phenoxy) is 1. The molecule has 0 unspecified atom stereocenters. The lowest BCUT2D eigenvalue weighted by molar-refractivity contribution is 0.108. The fourth-order valence-corrected chi connectivity index (χ4v) is 1.18. The minimum absolute atomic E-state index is 0.290. The van der Waals surface area contributed by atoms with Crippen molar-refractivity contribution in [2.75, 3.05) is 12.4 Å². The standard InChI is InChI=1S/C8H9ClN6O/c1-16-5-15-11-4-7(14-15)13-8-10-3-2-6(9)12-8/h2-4H,5H2,1H3,(H,10,12,13,14). The van der Waals surface area contributed by atoms with Crippen LogP contribution in [0.2, 0.25) is 5.15 Å². The van der Waals surface area contributed by atoms with Crippen LogP contribution in [-0.2, 0) is 11.5 Å². The second-order valence-electron chi connectivity index (χ2n) is 2.85. The minimum Gasteiger partial charge on any atom is -0.361 e. The van der Waals surface area contributed by atoms with E-state index < -0.39 is 0 Å². The van der Waals surface area contributed by atoms with Crippen LogP contribution in [0.3, 0.4) is 0 Å². The molecule has 16 heavy (non-hydrogen) atoms. The number of halogens is 1. The first kappa shape index (κ1) is 10.8. The van der Waals surface area contributed by atoms with E-state index in [1.54, 1.807) is 25.6 Å². The van der Waals surface area contributed by atoms with Crippen LogP contribution in [0.5, 0.6) is 0 Å². The van der Waals surface area contributed by atoms with Crippen LogP contribution in [0.25, 0.3) is 0 Å². The molecule has 7 nitrogen and oxygen atoms in total. The molecule has 84 valence electrons. The van der Waals surface area contributed by atoms with E-state index in [1.165, 1.54) is 4.80 Å². The van der Waals surface area contributed by atoms with Crippen molar-refractivity contribution in [3.63, 3.8) is 0 Å². The third-order valence-electron chi connectivity index (χ3n) is 1.64. The molecular weight excluding hydrogens is 232 g/mol. The molecule has 1 N–H and O–H groups in total. The molecule has 0 saturated heterocycles. The van der Waals surface area contributed by atoms with Gasteiger partial charge in [-0.05, 0) is 6.07 Å². The summed E-state index contributed by atoms with van der Waals surface area (Å²) in [5.41, 5.74) is 0. The maximum absolute atomic E-state index is 5.71. The maximum atomic E-state index is 5.71. The van der Waals surface area contributed by atoms with Crippen LogP contribution in [0.15, 0.2) is 18.5 Å². The zero-order valence-corrected chi connectivity index (χ0v) is 9.22. The Labute approximate surface area is 96.4 Å². The van der Waals surface area contributed by atoms with Crippen LogP contribution in [0.4, 0.5) is 11.8 Å². The molecule has 0 fully saturated rings. The van der Waals surface area contributed by atoms with Crippen molar-refractivity contribution in [1.29, 1.82) is 0 Å². The van der Waals surface area contributed by atoms with Gasteiger partial charge in [0.15, 0.2) is 12.5 Å². The van der Waals surface area contributed by atoms with Crippen molar-refractivity contribution in [3.8, 4) is 0 Å². The van der Waals surface area contributed by atoms with Crippen molar-refractivity contribution < 1.29 is 4.74 Å². The molecule has 0 aliphatic rings. The van der Waals surface area contributed by atoms with Crippen LogP contribution in [0, 0.1) is 0 Å². The molecule has 0 aromatic carbocycles. The van der Waals surface area contributed by atoms with E-state index in [2.05, 4.69) is 25.5 Å². The molecule has 0 aliphatic heterocycles. The van der Waals surface area contributed by atoms with Gasteiger partial charge in [-0.25, -0.2) is 9.97 Å². The van der Waals surface area contributed by atoms with Crippen LogP contribution in [0.1, 0.15) is 0 Å². The van der Waals surface area contributed by atoms with Gasteiger partial charge in [-0.2, -0.15) is 9.90 Å². The summed E-state index contributed by atoms with van der Waals surface area (Å²) in [5.74, 6) is 0.899. The van der Waals surface area contributed by atoms with Gasteiger partial charge in [0, 0.05) is 13.3 Å². The number of methoxy groups -OCH3 is 1. The SMILES string of the molecule is COCn1ncc(Nc2nccc(Cl)n2)n1. The minimum atomic E-state index is 0.290. The van der Waals surface area contributed by atoms with Crippen LogP contribution in [-0.4, -0.2) is 32.1 Å². The Morgan fingerprint density at radius 2 is 2.44 bits per heavy atom. The highest BCUT2D eigenvalue weighted by Gasteiger charge is 2.02. The first-order valence-electron chi connectivity index (χ1n) is 4.42. The number of rotatable bonds is 4. The first-order chi connectivity index (χ1) is 7.78. The number of nitrogens with zero attached hydrogens (tertiary/aromatic N) is 5. The molecule has 0 amide bonds. The van der Waals surface area contributed by atoms with Gasteiger partial charge in [0.05, 0.1) is 6.20 Å². The lowest BCUT2D eigenvalue weighted by Crippen LogP contribution is -2.04. The fraction of sp³-hybridized carbons (Fsp3) is 0.250. The van der Waals surface area contributed by atoms with Crippen LogP contribution >= 0.6 is 11.6 Å². The summed E-state index contributed by atoms with van der Waals surface area (Å²) in [6.07, 6.45) is 3.10. The number of hydrogen-bond donors (Lipinski definition) is 1. The average Bonchev–Trinajstić information content (AvgIpc) is 2.66. The Bertz CT molecular complexity index is 473. The van der Waals surface area contributed by atoms with Crippen molar-refractivity contribution >= 4 is 23.4 Å². The third kappa shape index (κ3) is 2.65. The molecule has 8 heteroatoms. The molecule has 0 spiro atoms. The Morgan fingerprint density at radius 3 is 3.19 bits per heavy atom. The lowest BCUT2D eigenvalue weighted by atomic mass is 10.6. The summed E-state index contributed by atoms with van der Waals surface area (Å²) in [6.45, 7) is 0.290. The summed E-state index contributed by atoms with van der Waals surface area (Å²) in [4.78, 5) is 9.33. The first-order valence-corrected chi connectivity index (χ1v) is 4.80. The van der Waals surface area contributed by atoms with E-state index in [1.807, 2.05) is 0 Å². The summed E-state index contributed by atoms with van der Waals surface area (Å²) >= 11 is 5.71. The molecule has 0 aliphatic carbocycles. The molecule has 2 heterocycles. The fourth-order valence-electron chi connectivity index (χ4n) is 1.04. The molecule has 2 aromatic rings. The Morgan fingerprint density at radius 1 is 1.56 bits per heavy atom. The highest BCUT2D eigenvalue weighted by molar-refractivity contribution is 6.29. The topological polar surface area (TPSA) is 77.8 Å². The highest BCUT2D eigenvalue weighted by Crippen LogP contribution is 2.10. The third-order valence-corrected chi connectivity index (χ3v) is 1.85. The molecule has 0 saturated carbocycles. The van der Waals surface area contributed by atoms with Crippen molar-refractivity contribution in [2.24, 2.45) is 0 Å². The Hall–Kier alpha value is -1.73. The predicted octanol–water partition coefficient (Wildman–Crippen LogP) is 1.07. The smallest absolute Gasteiger partial charge is 0.229 e. The van der Waals surface area contributed by atoms with Gasteiger partial charge in [0.2, 0.25) is 5.95 Å². The second kappa shape index (κ2) is 4.86. The second-order valence-corrected chi connectivity index (χ2v) is 3.24. The van der Waals surface area contributed by atoms with E-state index >= 15 is 0 Å². The molecule has 2 rings (SSSR count). The summed E-state index contributed by atoms with van der Waals surface area (Å²) in [7, 11) is 1.57. The summed E-state index contributed by atoms with van der Waals surface area (Å²) < 4.78 is 4.87. The highest BCUT2D eigenvalue weighted by atomic mass is 35.5. The average molecular weight is 241 g/mol. The number of aromatic nitrogens is 5. The van der Waals surface area contributed by atoms with Gasteiger partial charge in [-0.3, -0.25) is 0 Å². The van der Waals surface area contributed by atoms with Crippen molar-refractivity contribution in [3.05, 3.63) is 23.6 Å². The molecule has 2 aromatic heterocycles. The van der Waals surface area contributed by atoms with Gasteiger partial charge in [-0.1, -0.05) is 11.6 Å². The van der Waals surface area contributed by atoms with Gasteiger partial charge >= 0.3 is 0 Å².